The Morgan fingerprint density at radius 1 is 1.05 bits per heavy atom. The Morgan fingerprint density at radius 2 is 1.75 bits per heavy atom. The highest BCUT2D eigenvalue weighted by molar-refractivity contribution is 5.45. The molecule has 104 valence electrons. The summed E-state index contributed by atoms with van der Waals surface area (Å²) in [5.74, 6) is 0.876. The lowest BCUT2D eigenvalue weighted by atomic mass is 10.2. The minimum absolute atomic E-state index is 0.0559. The second-order valence-electron chi connectivity index (χ2n) is 4.11. The summed E-state index contributed by atoms with van der Waals surface area (Å²) in [7, 11) is 0. The lowest BCUT2D eigenvalue weighted by Gasteiger charge is -2.10. The fraction of sp³-hybridized carbons (Fsp3) is 0.143. The first-order valence-electron chi connectivity index (χ1n) is 5.90. The molecule has 20 heavy (non-hydrogen) atoms. The molecule has 0 amide bonds. The highest BCUT2D eigenvalue weighted by Gasteiger charge is 2.11. The summed E-state index contributed by atoms with van der Waals surface area (Å²) in [5.41, 5.74) is 0.992. The molecule has 0 aromatic heterocycles. The summed E-state index contributed by atoms with van der Waals surface area (Å²) in [6.45, 7) is -0.411. The SMILES string of the molecule is O=[N+]([O-])c1ccc(Oc2ccc(CO)cc2)c(CO)c1. The third kappa shape index (κ3) is 3.11. The molecule has 0 heterocycles. The van der Waals surface area contributed by atoms with E-state index in [9.17, 15) is 15.2 Å². The van der Waals surface area contributed by atoms with Crippen LogP contribution in [0.1, 0.15) is 11.1 Å². The minimum atomic E-state index is -0.529. The van der Waals surface area contributed by atoms with E-state index in [4.69, 9.17) is 9.84 Å². The van der Waals surface area contributed by atoms with Crippen LogP contribution >= 0.6 is 0 Å². The summed E-state index contributed by atoms with van der Waals surface area (Å²) in [6, 6.07) is 10.8. The van der Waals surface area contributed by atoms with Crippen molar-refractivity contribution in [3.63, 3.8) is 0 Å². The third-order valence-electron chi connectivity index (χ3n) is 2.76. The first-order chi connectivity index (χ1) is 9.63. The Balaban J connectivity index is 2.25. The number of non-ortho nitro benzene ring substituents is 1. The number of hydrogen-bond acceptors (Lipinski definition) is 5. The number of rotatable bonds is 5. The fourth-order valence-electron chi connectivity index (χ4n) is 1.69. The average Bonchev–Trinajstić information content (AvgIpc) is 2.48. The molecule has 0 aliphatic heterocycles. The van der Waals surface area contributed by atoms with E-state index in [0.29, 0.717) is 17.1 Å². The van der Waals surface area contributed by atoms with Gasteiger partial charge in [0.25, 0.3) is 5.69 Å². The van der Waals surface area contributed by atoms with Crippen molar-refractivity contribution in [2.45, 2.75) is 13.2 Å². The second-order valence-corrected chi connectivity index (χ2v) is 4.11. The van der Waals surface area contributed by atoms with Gasteiger partial charge in [-0.25, -0.2) is 0 Å². The second kappa shape index (κ2) is 6.14. The normalized spacial score (nSPS) is 10.3. The zero-order chi connectivity index (χ0) is 14.5. The summed E-state index contributed by atoms with van der Waals surface area (Å²) in [5, 5.41) is 28.9. The van der Waals surface area contributed by atoms with Crippen molar-refractivity contribution < 1.29 is 19.9 Å². The van der Waals surface area contributed by atoms with Gasteiger partial charge in [-0.05, 0) is 23.8 Å². The Hall–Kier alpha value is -2.44. The standard InChI is InChI=1S/C14H13NO5/c16-8-10-1-4-13(5-2-10)20-14-6-3-12(15(18)19)7-11(14)9-17/h1-7,16-17H,8-9H2. The molecule has 0 saturated heterocycles. The topological polar surface area (TPSA) is 92.8 Å². The van der Waals surface area contributed by atoms with Crippen molar-refractivity contribution in [1.29, 1.82) is 0 Å². The van der Waals surface area contributed by atoms with Crippen molar-refractivity contribution >= 4 is 5.69 Å². The van der Waals surface area contributed by atoms with E-state index in [-0.39, 0.29) is 18.9 Å². The number of hydrogen-bond donors (Lipinski definition) is 2. The Morgan fingerprint density at radius 3 is 2.30 bits per heavy atom. The Labute approximate surface area is 115 Å². The summed E-state index contributed by atoms with van der Waals surface area (Å²) in [4.78, 5) is 10.1. The molecule has 6 nitrogen and oxygen atoms in total. The van der Waals surface area contributed by atoms with Gasteiger partial charge in [-0.1, -0.05) is 12.1 Å². The molecule has 0 bridgehead atoms. The number of aliphatic hydroxyl groups is 2. The van der Waals surface area contributed by atoms with Crippen LogP contribution in [0.2, 0.25) is 0 Å². The van der Waals surface area contributed by atoms with Gasteiger partial charge >= 0.3 is 0 Å². The Bertz CT molecular complexity index is 609. The van der Waals surface area contributed by atoms with E-state index in [1.807, 2.05) is 0 Å². The van der Waals surface area contributed by atoms with Crippen LogP contribution in [-0.2, 0) is 13.2 Å². The number of nitro groups is 1. The molecule has 0 unspecified atom stereocenters. The molecular formula is C14H13NO5. The number of nitro benzene ring substituents is 1. The average molecular weight is 275 g/mol. The van der Waals surface area contributed by atoms with Crippen molar-refractivity contribution in [2.75, 3.05) is 0 Å². The maximum Gasteiger partial charge on any atom is 0.270 e. The molecule has 0 aliphatic carbocycles. The van der Waals surface area contributed by atoms with Gasteiger partial charge in [0, 0.05) is 17.7 Å². The lowest BCUT2D eigenvalue weighted by Crippen LogP contribution is -1.95. The van der Waals surface area contributed by atoms with Crippen molar-refractivity contribution in [3.05, 3.63) is 63.7 Å². The first-order valence-corrected chi connectivity index (χ1v) is 5.90. The molecule has 2 aromatic rings. The number of benzene rings is 2. The van der Waals surface area contributed by atoms with Crippen LogP contribution < -0.4 is 4.74 Å². The monoisotopic (exact) mass is 275 g/mol. The molecular weight excluding hydrogens is 262 g/mol. The van der Waals surface area contributed by atoms with Crippen LogP contribution in [0, 0.1) is 10.1 Å². The van der Waals surface area contributed by atoms with Crippen LogP contribution in [-0.4, -0.2) is 15.1 Å². The number of ether oxygens (including phenoxy) is 1. The molecule has 2 aromatic carbocycles. The van der Waals surface area contributed by atoms with Gasteiger partial charge < -0.3 is 14.9 Å². The van der Waals surface area contributed by atoms with E-state index < -0.39 is 4.92 Å². The third-order valence-corrected chi connectivity index (χ3v) is 2.76. The van der Waals surface area contributed by atoms with Gasteiger partial charge in [0.15, 0.2) is 0 Å². The summed E-state index contributed by atoms with van der Waals surface area (Å²) < 4.78 is 5.57. The maximum atomic E-state index is 10.7. The molecule has 2 N–H and O–H groups in total. The van der Waals surface area contributed by atoms with Gasteiger partial charge in [0.1, 0.15) is 11.5 Å². The van der Waals surface area contributed by atoms with Crippen LogP contribution in [0.4, 0.5) is 5.69 Å². The molecule has 0 atom stereocenters. The molecule has 6 heteroatoms. The fourth-order valence-corrected chi connectivity index (χ4v) is 1.69. The van der Waals surface area contributed by atoms with E-state index in [1.54, 1.807) is 24.3 Å². The van der Waals surface area contributed by atoms with Gasteiger partial charge in [0.2, 0.25) is 0 Å². The van der Waals surface area contributed by atoms with Crippen LogP contribution in [0.25, 0.3) is 0 Å². The van der Waals surface area contributed by atoms with Crippen molar-refractivity contribution in [2.24, 2.45) is 0 Å². The van der Waals surface area contributed by atoms with Crippen molar-refractivity contribution in [1.82, 2.24) is 0 Å². The van der Waals surface area contributed by atoms with Crippen LogP contribution in [0.15, 0.2) is 42.5 Å². The van der Waals surface area contributed by atoms with Crippen LogP contribution in [0.5, 0.6) is 11.5 Å². The molecule has 0 radical (unpaired) electrons. The maximum absolute atomic E-state index is 10.7. The van der Waals surface area contributed by atoms with Crippen LogP contribution in [0.3, 0.4) is 0 Å². The zero-order valence-corrected chi connectivity index (χ0v) is 10.5. The van der Waals surface area contributed by atoms with Gasteiger partial charge in [-0.15, -0.1) is 0 Å². The Kier molecular flexibility index (Phi) is 4.29. The number of aliphatic hydroxyl groups excluding tert-OH is 2. The molecule has 0 saturated carbocycles. The molecule has 2 rings (SSSR count). The summed E-state index contributed by atoms with van der Waals surface area (Å²) in [6.07, 6.45) is 0. The van der Waals surface area contributed by atoms with E-state index in [1.165, 1.54) is 18.2 Å². The van der Waals surface area contributed by atoms with E-state index in [2.05, 4.69) is 0 Å². The van der Waals surface area contributed by atoms with Gasteiger partial charge in [-0.2, -0.15) is 0 Å². The number of nitrogens with zero attached hydrogens (tertiary/aromatic N) is 1. The molecule has 0 spiro atoms. The van der Waals surface area contributed by atoms with Crippen molar-refractivity contribution in [3.8, 4) is 11.5 Å². The largest absolute Gasteiger partial charge is 0.457 e. The minimum Gasteiger partial charge on any atom is -0.457 e. The predicted molar refractivity (Wildman–Crippen MR) is 71.5 cm³/mol. The first kappa shape index (κ1) is 14.0. The summed E-state index contributed by atoms with van der Waals surface area (Å²) >= 11 is 0. The van der Waals surface area contributed by atoms with E-state index in [0.717, 1.165) is 5.56 Å². The zero-order valence-electron chi connectivity index (χ0n) is 10.5. The highest BCUT2D eigenvalue weighted by Crippen LogP contribution is 2.28. The lowest BCUT2D eigenvalue weighted by molar-refractivity contribution is -0.385. The molecule has 0 fully saturated rings. The van der Waals surface area contributed by atoms with Gasteiger partial charge in [-0.3, -0.25) is 10.1 Å². The van der Waals surface area contributed by atoms with Gasteiger partial charge in [0.05, 0.1) is 18.1 Å². The highest BCUT2D eigenvalue weighted by atomic mass is 16.6. The molecule has 0 aliphatic rings. The predicted octanol–water partition coefficient (Wildman–Crippen LogP) is 2.37. The quantitative estimate of drug-likeness (QED) is 0.645. The van der Waals surface area contributed by atoms with E-state index >= 15 is 0 Å². The smallest absolute Gasteiger partial charge is 0.270 e.